The molecule has 1 aliphatic heterocycles. The molecule has 2 aromatic rings. The number of hydrogen-bond donors (Lipinski definition) is 1. The number of imide groups is 1. The summed E-state index contributed by atoms with van der Waals surface area (Å²) in [7, 11) is 0. The molecule has 0 radical (unpaired) electrons. The molecule has 0 saturated carbocycles. The number of carbonyl (C=O) groups excluding carboxylic acids is 3. The van der Waals surface area contributed by atoms with Crippen LogP contribution < -0.4 is 10.1 Å². The number of ether oxygens (including phenoxy) is 1. The minimum Gasteiger partial charge on any atom is -0.426 e. The molecule has 1 aliphatic rings. The topological polar surface area (TPSA) is 72.5 Å². The average Bonchev–Trinajstić information content (AvgIpc) is 2.90. The van der Waals surface area contributed by atoms with E-state index >= 15 is 0 Å². The highest BCUT2D eigenvalue weighted by molar-refractivity contribution is 8.18. The zero-order chi connectivity index (χ0) is 18.7. The number of esters is 1. The lowest BCUT2D eigenvalue weighted by atomic mass is 10.1. The first kappa shape index (κ1) is 18.5. The molecule has 1 N–H and O–H groups in total. The number of amides is 2. The van der Waals surface area contributed by atoms with Crippen molar-refractivity contribution in [2.24, 2.45) is 0 Å². The summed E-state index contributed by atoms with van der Waals surface area (Å²) in [4.78, 5) is 35.4. The van der Waals surface area contributed by atoms with Crippen LogP contribution in [0.5, 0.6) is 5.75 Å². The molecule has 0 bridgehead atoms. The first-order chi connectivity index (χ1) is 12.4. The Bertz CT molecular complexity index is 943. The van der Waals surface area contributed by atoms with Gasteiger partial charge < -0.3 is 4.74 Å². The second-order valence-electron chi connectivity index (χ2n) is 5.29. The van der Waals surface area contributed by atoms with E-state index in [1.807, 2.05) is 0 Å². The van der Waals surface area contributed by atoms with Crippen LogP contribution in [-0.2, 0) is 16.0 Å². The Morgan fingerprint density at radius 3 is 2.58 bits per heavy atom. The van der Waals surface area contributed by atoms with Gasteiger partial charge in [-0.1, -0.05) is 47.5 Å². The number of thioether (sulfide) groups is 1. The number of para-hydroxylation sites is 1. The predicted molar refractivity (Wildman–Crippen MR) is 101 cm³/mol. The van der Waals surface area contributed by atoms with Crippen LogP contribution in [0.4, 0.5) is 4.79 Å². The summed E-state index contributed by atoms with van der Waals surface area (Å²) in [6.07, 6.45) is 1.52. The molecular formula is C18H11Cl2NO4S. The molecule has 132 valence electrons. The summed E-state index contributed by atoms with van der Waals surface area (Å²) >= 11 is 12.6. The summed E-state index contributed by atoms with van der Waals surface area (Å²) in [5.41, 5.74) is 1.18. The van der Waals surface area contributed by atoms with Crippen LogP contribution >= 0.6 is 35.0 Å². The highest BCUT2D eigenvalue weighted by Crippen LogP contribution is 2.29. The van der Waals surface area contributed by atoms with E-state index in [0.717, 1.165) is 11.8 Å². The SMILES string of the molecule is O=C(Cc1ccc(Cl)c(Cl)c1)Oc1ccccc1/C=C1\SC(=O)NC1=O. The zero-order valence-corrected chi connectivity index (χ0v) is 15.5. The number of benzene rings is 2. The number of rotatable bonds is 4. The summed E-state index contributed by atoms with van der Waals surface area (Å²) in [6.45, 7) is 0. The molecule has 0 spiro atoms. The van der Waals surface area contributed by atoms with E-state index in [2.05, 4.69) is 5.32 Å². The van der Waals surface area contributed by atoms with Crippen molar-refractivity contribution < 1.29 is 19.1 Å². The Morgan fingerprint density at radius 2 is 1.88 bits per heavy atom. The number of carbonyl (C=O) groups is 3. The second kappa shape index (κ2) is 7.95. The molecule has 1 saturated heterocycles. The molecule has 0 unspecified atom stereocenters. The van der Waals surface area contributed by atoms with Gasteiger partial charge in [0, 0.05) is 5.56 Å². The van der Waals surface area contributed by atoms with E-state index in [1.54, 1.807) is 42.5 Å². The van der Waals surface area contributed by atoms with E-state index < -0.39 is 17.1 Å². The van der Waals surface area contributed by atoms with E-state index in [1.165, 1.54) is 6.08 Å². The lowest BCUT2D eigenvalue weighted by Gasteiger charge is -2.08. The molecule has 0 atom stereocenters. The zero-order valence-electron chi connectivity index (χ0n) is 13.1. The molecule has 2 aromatic carbocycles. The molecule has 26 heavy (non-hydrogen) atoms. The van der Waals surface area contributed by atoms with Crippen LogP contribution in [0.2, 0.25) is 10.0 Å². The standard InChI is InChI=1S/C18H11Cl2NO4S/c19-12-6-5-10(7-13(12)20)8-16(22)25-14-4-2-1-3-11(14)9-15-17(23)21-18(24)26-15/h1-7,9H,8H2,(H,21,23,24)/b15-9-. The van der Waals surface area contributed by atoms with Crippen molar-refractivity contribution in [1.82, 2.24) is 5.32 Å². The van der Waals surface area contributed by atoms with Gasteiger partial charge in [-0.3, -0.25) is 19.7 Å². The molecule has 1 fully saturated rings. The quantitative estimate of drug-likeness (QED) is 0.459. The van der Waals surface area contributed by atoms with Gasteiger partial charge in [0.1, 0.15) is 5.75 Å². The maximum atomic E-state index is 12.2. The number of hydrogen-bond acceptors (Lipinski definition) is 5. The molecule has 5 nitrogen and oxygen atoms in total. The normalized spacial score (nSPS) is 15.2. The van der Waals surface area contributed by atoms with Gasteiger partial charge in [0.15, 0.2) is 0 Å². The van der Waals surface area contributed by atoms with E-state index in [4.69, 9.17) is 27.9 Å². The van der Waals surface area contributed by atoms with Crippen molar-refractivity contribution >= 4 is 58.2 Å². The van der Waals surface area contributed by atoms with Crippen LogP contribution in [0.15, 0.2) is 47.4 Å². The van der Waals surface area contributed by atoms with Gasteiger partial charge in [-0.25, -0.2) is 0 Å². The van der Waals surface area contributed by atoms with Crippen LogP contribution in [0, 0.1) is 0 Å². The van der Waals surface area contributed by atoms with Gasteiger partial charge in [-0.05, 0) is 41.6 Å². The van der Waals surface area contributed by atoms with E-state index in [-0.39, 0.29) is 17.1 Å². The molecule has 8 heteroatoms. The van der Waals surface area contributed by atoms with Crippen LogP contribution in [-0.4, -0.2) is 17.1 Å². The van der Waals surface area contributed by atoms with Crippen LogP contribution in [0.1, 0.15) is 11.1 Å². The predicted octanol–water partition coefficient (Wildman–Crippen LogP) is 4.47. The monoisotopic (exact) mass is 407 g/mol. The maximum Gasteiger partial charge on any atom is 0.315 e. The summed E-state index contributed by atoms with van der Waals surface area (Å²) in [5.74, 6) is -0.677. The molecule has 0 aromatic heterocycles. The van der Waals surface area contributed by atoms with E-state index in [9.17, 15) is 14.4 Å². The lowest BCUT2D eigenvalue weighted by molar-refractivity contribution is -0.133. The third kappa shape index (κ3) is 4.46. The number of halogens is 2. The second-order valence-corrected chi connectivity index (χ2v) is 7.12. The lowest BCUT2D eigenvalue weighted by Crippen LogP contribution is -2.17. The van der Waals surface area contributed by atoms with Crippen molar-refractivity contribution in [1.29, 1.82) is 0 Å². The largest absolute Gasteiger partial charge is 0.426 e. The van der Waals surface area contributed by atoms with Crippen molar-refractivity contribution in [2.45, 2.75) is 6.42 Å². The molecule has 3 rings (SSSR count). The molecule has 0 aliphatic carbocycles. The summed E-state index contributed by atoms with van der Waals surface area (Å²) < 4.78 is 5.41. The van der Waals surface area contributed by atoms with Crippen molar-refractivity contribution in [3.63, 3.8) is 0 Å². The van der Waals surface area contributed by atoms with Crippen LogP contribution in [0.25, 0.3) is 6.08 Å². The first-order valence-corrected chi connectivity index (χ1v) is 8.98. The third-order valence-corrected chi connectivity index (χ3v) is 4.95. The smallest absolute Gasteiger partial charge is 0.315 e. The average molecular weight is 408 g/mol. The fourth-order valence-corrected chi connectivity index (χ4v) is 3.22. The van der Waals surface area contributed by atoms with Gasteiger partial charge >= 0.3 is 5.97 Å². The van der Waals surface area contributed by atoms with Gasteiger partial charge in [0.05, 0.1) is 21.4 Å². The maximum absolute atomic E-state index is 12.2. The van der Waals surface area contributed by atoms with Gasteiger partial charge in [-0.15, -0.1) is 0 Å². The fourth-order valence-electron chi connectivity index (χ4n) is 2.23. The van der Waals surface area contributed by atoms with Gasteiger partial charge in [0.2, 0.25) is 0 Å². The molecule has 2 amide bonds. The minimum absolute atomic E-state index is 0.00944. The molecular weight excluding hydrogens is 397 g/mol. The highest BCUT2D eigenvalue weighted by atomic mass is 35.5. The van der Waals surface area contributed by atoms with Crippen molar-refractivity contribution in [2.75, 3.05) is 0 Å². The van der Waals surface area contributed by atoms with E-state index in [0.29, 0.717) is 21.2 Å². The number of nitrogens with one attached hydrogen (secondary N) is 1. The van der Waals surface area contributed by atoms with Crippen molar-refractivity contribution in [3.05, 3.63) is 68.5 Å². The molecule has 1 heterocycles. The minimum atomic E-state index is -0.492. The van der Waals surface area contributed by atoms with Crippen LogP contribution in [0.3, 0.4) is 0 Å². The Hall–Kier alpha value is -2.28. The Balaban J connectivity index is 1.76. The Kier molecular flexibility index (Phi) is 5.66. The third-order valence-electron chi connectivity index (χ3n) is 3.40. The summed E-state index contributed by atoms with van der Waals surface area (Å²) in [5, 5.41) is 2.50. The highest BCUT2D eigenvalue weighted by Gasteiger charge is 2.25. The Labute approximate surface area is 163 Å². The van der Waals surface area contributed by atoms with Gasteiger partial charge in [-0.2, -0.15) is 0 Å². The van der Waals surface area contributed by atoms with Gasteiger partial charge in [0.25, 0.3) is 11.1 Å². The summed E-state index contributed by atoms with van der Waals surface area (Å²) in [6, 6.07) is 11.6. The Morgan fingerprint density at radius 1 is 1.12 bits per heavy atom. The van der Waals surface area contributed by atoms with Crippen molar-refractivity contribution in [3.8, 4) is 5.75 Å². The first-order valence-electron chi connectivity index (χ1n) is 7.41. The fraction of sp³-hybridized carbons (Fsp3) is 0.0556.